The number of aryl methyl sites for hydroxylation is 1. The Morgan fingerprint density at radius 1 is 1.08 bits per heavy atom. The van der Waals surface area contributed by atoms with Gasteiger partial charge in [0.05, 0.1) is 20.3 Å². The van der Waals surface area contributed by atoms with Gasteiger partial charge < -0.3 is 14.2 Å². The van der Waals surface area contributed by atoms with E-state index in [9.17, 15) is 8.42 Å². The van der Waals surface area contributed by atoms with E-state index in [0.29, 0.717) is 24.7 Å². The third-order valence-corrected chi connectivity index (χ3v) is 5.07. The van der Waals surface area contributed by atoms with Crippen LogP contribution in [-0.2, 0) is 19.5 Å². The standard InChI is InChI=1S/C17H19NO5S/c1-12-3-8-15(21-2)16(11-12)24(19,20)18-14-6-4-13(5-7-14)17-22-9-10-23-17/h3-8,11,17-18H,9-10H2,1-2H3. The molecule has 0 amide bonds. The average molecular weight is 349 g/mol. The summed E-state index contributed by atoms with van der Waals surface area (Å²) in [6.45, 7) is 2.95. The fourth-order valence-electron chi connectivity index (χ4n) is 2.46. The Kier molecular flexibility index (Phi) is 4.75. The Labute approximate surface area is 141 Å². The number of benzene rings is 2. The van der Waals surface area contributed by atoms with Crippen LogP contribution in [0.1, 0.15) is 17.4 Å². The summed E-state index contributed by atoms with van der Waals surface area (Å²) in [4.78, 5) is 0.108. The summed E-state index contributed by atoms with van der Waals surface area (Å²) in [6.07, 6.45) is -0.382. The predicted molar refractivity (Wildman–Crippen MR) is 89.6 cm³/mol. The lowest BCUT2D eigenvalue weighted by Crippen LogP contribution is -2.14. The Balaban J connectivity index is 1.83. The summed E-state index contributed by atoms with van der Waals surface area (Å²) < 4.78 is 43.8. The fraction of sp³-hybridized carbons (Fsp3) is 0.294. The van der Waals surface area contributed by atoms with Crippen LogP contribution in [0.15, 0.2) is 47.4 Å². The third-order valence-electron chi connectivity index (χ3n) is 3.67. The summed E-state index contributed by atoms with van der Waals surface area (Å²) in [6, 6.07) is 11.9. The molecule has 0 unspecified atom stereocenters. The highest BCUT2D eigenvalue weighted by atomic mass is 32.2. The molecule has 0 atom stereocenters. The third kappa shape index (κ3) is 3.53. The number of sulfonamides is 1. The van der Waals surface area contributed by atoms with Gasteiger partial charge in [0.1, 0.15) is 10.6 Å². The van der Waals surface area contributed by atoms with E-state index >= 15 is 0 Å². The number of methoxy groups -OCH3 is 1. The van der Waals surface area contributed by atoms with Crippen molar-refractivity contribution in [3.8, 4) is 5.75 Å². The van der Waals surface area contributed by atoms with Gasteiger partial charge in [-0.25, -0.2) is 8.42 Å². The van der Waals surface area contributed by atoms with E-state index in [0.717, 1.165) is 11.1 Å². The van der Waals surface area contributed by atoms with Crippen LogP contribution in [0.25, 0.3) is 0 Å². The lowest BCUT2D eigenvalue weighted by Gasteiger charge is -2.13. The zero-order valence-corrected chi connectivity index (χ0v) is 14.3. The molecule has 3 rings (SSSR count). The smallest absolute Gasteiger partial charge is 0.265 e. The molecule has 0 saturated carbocycles. The van der Waals surface area contributed by atoms with Crippen molar-refractivity contribution in [1.29, 1.82) is 0 Å². The second kappa shape index (κ2) is 6.80. The lowest BCUT2D eigenvalue weighted by atomic mass is 10.2. The molecule has 1 saturated heterocycles. The quantitative estimate of drug-likeness (QED) is 0.898. The van der Waals surface area contributed by atoms with E-state index in [-0.39, 0.29) is 11.2 Å². The Morgan fingerprint density at radius 3 is 2.38 bits per heavy atom. The summed E-state index contributed by atoms with van der Waals surface area (Å²) in [7, 11) is -2.30. The number of anilines is 1. The molecule has 1 heterocycles. The van der Waals surface area contributed by atoms with Crippen LogP contribution < -0.4 is 9.46 Å². The molecule has 0 bridgehead atoms. The zero-order valence-electron chi connectivity index (χ0n) is 13.5. The number of hydrogen-bond acceptors (Lipinski definition) is 5. The van der Waals surface area contributed by atoms with Crippen LogP contribution >= 0.6 is 0 Å². The van der Waals surface area contributed by atoms with Gasteiger partial charge in [-0.05, 0) is 36.8 Å². The van der Waals surface area contributed by atoms with Gasteiger partial charge in [0.2, 0.25) is 0 Å². The second-order valence-corrected chi connectivity index (χ2v) is 7.11. The molecule has 1 N–H and O–H groups in total. The van der Waals surface area contributed by atoms with Gasteiger partial charge in [-0.3, -0.25) is 4.72 Å². The first-order chi connectivity index (χ1) is 11.5. The van der Waals surface area contributed by atoms with Crippen molar-refractivity contribution in [1.82, 2.24) is 0 Å². The molecule has 1 aliphatic rings. The SMILES string of the molecule is COc1ccc(C)cc1S(=O)(=O)Nc1ccc(C2OCCO2)cc1. The van der Waals surface area contributed by atoms with Gasteiger partial charge in [-0.1, -0.05) is 18.2 Å². The average Bonchev–Trinajstić information content (AvgIpc) is 3.10. The molecule has 0 radical (unpaired) electrons. The summed E-state index contributed by atoms with van der Waals surface area (Å²) in [5, 5.41) is 0. The molecule has 0 spiro atoms. The monoisotopic (exact) mass is 349 g/mol. The maximum absolute atomic E-state index is 12.6. The van der Waals surface area contributed by atoms with Crippen LogP contribution in [0.3, 0.4) is 0 Å². The van der Waals surface area contributed by atoms with Crippen molar-refractivity contribution >= 4 is 15.7 Å². The first kappa shape index (κ1) is 16.8. The van der Waals surface area contributed by atoms with Crippen molar-refractivity contribution in [3.05, 3.63) is 53.6 Å². The highest BCUT2D eigenvalue weighted by Gasteiger charge is 2.21. The summed E-state index contributed by atoms with van der Waals surface area (Å²) in [5.74, 6) is 0.303. The Bertz CT molecular complexity index is 811. The molecule has 1 aliphatic heterocycles. The highest BCUT2D eigenvalue weighted by Crippen LogP contribution is 2.28. The minimum absolute atomic E-state index is 0.108. The fourth-order valence-corrected chi connectivity index (χ4v) is 3.78. The van der Waals surface area contributed by atoms with Crippen molar-refractivity contribution < 1.29 is 22.6 Å². The number of ether oxygens (including phenoxy) is 3. The highest BCUT2D eigenvalue weighted by molar-refractivity contribution is 7.92. The number of hydrogen-bond donors (Lipinski definition) is 1. The van der Waals surface area contributed by atoms with E-state index in [1.165, 1.54) is 7.11 Å². The van der Waals surface area contributed by atoms with E-state index in [4.69, 9.17) is 14.2 Å². The molecule has 7 heteroatoms. The lowest BCUT2D eigenvalue weighted by molar-refractivity contribution is -0.0441. The maximum Gasteiger partial charge on any atom is 0.265 e. The first-order valence-corrected chi connectivity index (χ1v) is 8.98. The van der Waals surface area contributed by atoms with E-state index in [2.05, 4.69) is 4.72 Å². The first-order valence-electron chi connectivity index (χ1n) is 7.50. The van der Waals surface area contributed by atoms with E-state index < -0.39 is 10.0 Å². The molecular formula is C17H19NO5S. The van der Waals surface area contributed by atoms with Crippen LogP contribution in [0, 0.1) is 6.92 Å². The van der Waals surface area contributed by atoms with Crippen molar-refractivity contribution in [2.45, 2.75) is 18.1 Å². The van der Waals surface area contributed by atoms with Gasteiger partial charge in [-0.2, -0.15) is 0 Å². The van der Waals surface area contributed by atoms with Crippen molar-refractivity contribution in [2.75, 3.05) is 25.0 Å². The molecule has 24 heavy (non-hydrogen) atoms. The molecule has 0 aromatic heterocycles. The number of rotatable bonds is 5. The molecule has 2 aromatic rings. The van der Waals surface area contributed by atoms with Crippen LogP contribution in [0.4, 0.5) is 5.69 Å². The van der Waals surface area contributed by atoms with E-state index in [1.54, 1.807) is 42.5 Å². The second-order valence-electron chi connectivity index (χ2n) is 5.46. The summed E-state index contributed by atoms with van der Waals surface area (Å²) in [5.41, 5.74) is 2.14. The van der Waals surface area contributed by atoms with Crippen LogP contribution in [0.5, 0.6) is 5.75 Å². The van der Waals surface area contributed by atoms with Crippen LogP contribution in [0.2, 0.25) is 0 Å². The Morgan fingerprint density at radius 2 is 1.75 bits per heavy atom. The van der Waals surface area contributed by atoms with Gasteiger partial charge in [0.15, 0.2) is 6.29 Å². The molecule has 128 valence electrons. The normalized spacial score (nSPS) is 15.4. The Hall–Kier alpha value is -2.09. The van der Waals surface area contributed by atoms with Crippen molar-refractivity contribution in [3.63, 3.8) is 0 Å². The molecule has 2 aromatic carbocycles. The molecule has 6 nitrogen and oxygen atoms in total. The maximum atomic E-state index is 12.6. The predicted octanol–water partition coefficient (Wildman–Crippen LogP) is 2.85. The number of nitrogens with one attached hydrogen (secondary N) is 1. The van der Waals surface area contributed by atoms with Gasteiger partial charge >= 0.3 is 0 Å². The largest absolute Gasteiger partial charge is 0.495 e. The molecule has 0 aliphatic carbocycles. The van der Waals surface area contributed by atoms with Gasteiger partial charge in [0.25, 0.3) is 10.0 Å². The zero-order chi connectivity index (χ0) is 17.2. The molecule has 1 fully saturated rings. The van der Waals surface area contributed by atoms with Gasteiger partial charge in [-0.15, -0.1) is 0 Å². The summed E-state index contributed by atoms with van der Waals surface area (Å²) >= 11 is 0. The van der Waals surface area contributed by atoms with Crippen molar-refractivity contribution in [2.24, 2.45) is 0 Å². The molecular weight excluding hydrogens is 330 g/mol. The van der Waals surface area contributed by atoms with E-state index in [1.807, 2.05) is 6.92 Å². The topological polar surface area (TPSA) is 73.9 Å². The van der Waals surface area contributed by atoms with Gasteiger partial charge in [0, 0.05) is 11.3 Å². The van der Waals surface area contributed by atoms with Crippen LogP contribution in [-0.4, -0.2) is 28.7 Å². The minimum Gasteiger partial charge on any atom is -0.495 e. The minimum atomic E-state index is -3.75.